The minimum atomic E-state index is 0.143. The van der Waals surface area contributed by atoms with Gasteiger partial charge >= 0.3 is 0 Å². The van der Waals surface area contributed by atoms with Gasteiger partial charge in [0.25, 0.3) is 0 Å². The molecule has 2 N–H and O–H groups in total. The summed E-state index contributed by atoms with van der Waals surface area (Å²) in [6.45, 7) is 4.46. The number of rotatable bonds is 4. The van der Waals surface area contributed by atoms with E-state index >= 15 is 0 Å². The zero-order valence-electron chi connectivity index (χ0n) is 9.13. The van der Waals surface area contributed by atoms with Crippen LogP contribution < -0.4 is 5.73 Å². The van der Waals surface area contributed by atoms with Gasteiger partial charge in [-0.1, -0.05) is 36.2 Å². The normalized spacial score (nSPS) is 15.0. The first kappa shape index (κ1) is 13.5. The van der Waals surface area contributed by atoms with Crippen molar-refractivity contribution in [2.75, 3.05) is 0 Å². The lowest BCUT2D eigenvalue weighted by Crippen LogP contribution is -2.14. The highest BCUT2D eigenvalue weighted by Gasteiger charge is 2.13. The van der Waals surface area contributed by atoms with E-state index in [0.29, 0.717) is 5.92 Å². The second kappa shape index (κ2) is 6.21. The van der Waals surface area contributed by atoms with E-state index in [1.165, 1.54) is 15.6 Å². The van der Waals surface area contributed by atoms with E-state index in [4.69, 9.17) is 5.73 Å². The third-order valence-corrected chi connectivity index (χ3v) is 4.10. The first-order valence-electron chi connectivity index (χ1n) is 5.25. The standard InChI is InChI=1S/C12H17BrIN/c1-3-8(2)6-12(15)10-7-9(14)4-5-11(10)13/h4-5,7-8,12H,3,6,15H2,1-2H3. The van der Waals surface area contributed by atoms with Gasteiger partial charge in [-0.15, -0.1) is 0 Å². The van der Waals surface area contributed by atoms with Crippen LogP contribution in [0.25, 0.3) is 0 Å². The lowest BCUT2D eigenvalue weighted by Gasteiger charge is -2.17. The summed E-state index contributed by atoms with van der Waals surface area (Å²) in [7, 11) is 0. The summed E-state index contributed by atoms with van der Waals surface area (Å²) >= 11 is 5.88. The second-order valence-electron chi connectivity index (χ2n) is 4.02. The third kappa shape index (κ3) is 4.04. The molecule has 1 aromatic carbocycles. The largest absolute Gasteiger partial charge is 0.324 e. The highest BCUT2D eigenvalue weighted by molar-refractivity contribution is 14.1. The van der Waals surface area contributed by atoms with Gasteiger partial charge in [0, 0.05) is 14.1 Å². The SMILES string of the molecule is CCC(C)CC(N)c1cc(I)ccc1Br. The van der Waals surface area contributed by atoms with E-state index < -0.39 is 0 Å². The molecule has 1 aromatic rings. The van der Waals surface area contributed by atoms with Gasteiger partial charge in [0.05, 0.1) is 0 Å². The third-order valence-electron chi connectivity index (χ3n) is 2.71. The Kier molecular flexibility index (Phi) is 5.57. The molecule has 0 aliphatic rings. The monoisotopic (exact) mass is 381 g/mol. The molecule has 0 spiro atoms. The van der Waals surface area contributed by atoms with Crippen molar-refractivity contribution in [1.82, 2.24) is 0 Å². The first-order chi connectivity index (χ1) is 7.04. The Morgan fingerprint density at radius 2 is 2.13 bits per heavy atom. The maximum atomic E-state index is 6.21. The summed E-state index contributed by atoms with van der Waals surface area (Å²) in [6, 6.07) is 6.47. The summed E-state index contributed by atoms with van der Waals surface area (Å²) in [5.74, 6) is 0.685. The van der Waals surface area contributed by atoms with Crippen molar-refractivity contribution in [3.8, 4) is 0 Å². The Labute approximate surface area is 114 Å². The molecular formula is C12H17BrIN. The molecule has 0 aromatic heterocycles. The van der Waals surface area contributed by atoms with Crippen molar-refractivity contribution in [3.63, 3.8) is 0 Å². The van der Waals surface area contributed by atoms with Gasteiger partial charge in [0.2, 0.25) is 0 Å². The highest BCUT2D eigenvalue weighted by atomic mass is 127. The van der Waals surface area contributed by atoms with Crippen LogP contribution in [0.2, 0.25) is 0 Å². The van der Waals surface area contributed by atoms with Gasteiger partial charge in [-0.05, 0) is 58.7 Å². The van der Waals surface area contributed by atoms with E-state index in [0.717, 1.165) is 10.9 Å². The lowest BCUT2D eigenvalue weighted by molar-refractivity contribution is 0.460. The molecular weight excluding hydrogens is 365 g/mol. The van der Waals surface area contributed by atoms with Crippen LogP contribution in [0, 0.1) is 9.49 Å². The summed E-state index contributed by atoms with van der Waals surface area (Å²) in [4.78, 5) is 0. The quantitative estimate of drug-likeness (QED) is 0.764. The molecule has 0 fully saturated rings. The molecule has 0 bridgehead atoms. The average molecular weight is 382 g/mol. The summed E-state index contributed by atoms with van der Waals surface area (Å²) < 4.78 is 2.36. The zero-order chi connectivity index (χ0) is 11.4. The van der Waals surface area contributed by atoms with Crippen molar-refractivity contribution < 1.29 is 0 Å². The lowest BCUT2D eigenvalue weighted by atomic mass is 9.95. The Balaban J connectivity index is 2.80. The van der Waals surface area contributed by atoms with Gasteiger partial charge in [0.1, 0.15) is 0 Å². The molecule has 0 radical (unpaired) electrons. The van der Waals surface area contributed by atoms with E-state index in [9.17, 15) is 0 Å². The summed E-state index contributed by atoms with van der Waals surface area (Å²) in [5.41, 5.74) is 7.43. The molecule has 84 valence electrons. The van der Waals surface area contributed by atoms with Gasteiger partial charge in [-0.2, -0.15) is 0 Å². The Morgan fingerprint density at radius 1 is 1.47 bits per heavy atom. The predicted octanol–water partition coefficient (Wildman–Crippen LogP) is 4.49. The summed E-state index contributed by atoms with van der Waals surface area (Å²) in [6.07, 6.45) is 2.24. The Morgan fingerprint density at radius 3 is 2.73 bits per heavy atom. The number of benzene rings is 1. The number of halogens is 2. The molecule has 0 aliphatic carbocycles. The molecule has 0 saturated heterocycles. The molecule has 1 nitrogen and oxygen atoms in total. The van der Waals surface area contributed by atoms with Crippen LogP contribution in [0.15, 0.2) is 22.7 Å². The van der Waals surface area contributed by atoms with Crippen LogP contribution >= 0.6 is 38.5 Å². The highest BCUT2D eigenvalue weighted by Crippen LogP contribution is 2.28. The maximum absolute atomic E-state index is 6.21. The van der Waals surface area contributed by atoms with E-state index in [1.807, 2.05) is 0 Å². The zero-order valence-corrected chi connectivity index (χ0v) is 12.9. The van der Waals surface area contributed by atoms with Crippen LogP contribution in [0.3, 0.4) is 0 Å². The fraction of sp³-hybridized carbons (Fsp3) is 0.500. The average Bonchev–Trinajstić information content (AvgIpc) is 2.21. The second-order valence-corrected chi connectivity index (χ2v) is 6.12. The predicted molar refractivity (Wildman–Crippen MR) is 77.9 cm³/mol. The van der Waals surface area contributed by atoms with Crippen LogP contribution in [0.5, 0.6) is 0 Å². The first-order valence-corrected chi connectivity index (χ1v) is 7.12. The molecule has 2 atom stereocenters. The molecule has 3 heteroatoms. The van der Waals surface area contributed by atoms with E-state index in [1.54, 1.807) is 0 Å². The molecule has 0 aliphatic heterocycles. The minimum Gasteiger partial charge on any atom is -0.324 e. The van der Waals surface area contributed by atoms with Gasteiger partial charge in [0.15, 0.2) is 0 Å². The van der Waals surface area contributed by atoms with Gasteiger partial charge in [-0.3, -0.25) is 0 Å². The van der Waals surface area contributed by atoms with E-state index in [-0.39, 0.29) is 6.04 Å². The minimum absolute atomic E-state index is 0.143. The van der Waals surface area contributed by atoms with Crippen LogP contribution in [-0.2, 0) is 0 Å². The molecule has 0 amide bonds. The fourth-order valence-corrected chi connectivity index (χ4v) is 2.58. The molecule has 0 heterocycles. The van der Waals surface area contributed by atoms with Crippen LogP contribution in [-0.4, -0.2) is 0 Å². The van der Waals surface area contributed by atoms with Crippen molar-refractivity contribution in [1.29, 1.82) is 0 Å². The smallest absolute Gasteiger partial charge is 0.0309 e. The maximum Gasteiger partial charge on any atom is 0.0309 e. The van der Waals surface area contributed by atoms with Crippen molar-refractivity contribution in [2.45, 2.75) is 32.7 Å². The molecule has 0 saturated carbocycles. The van der Waals surface area contributed by atoms with Crippen LogP contribution in [0.1, 0.15) is 38.3 Å². The molecule has 1 rings (SSSR count). The number of hydrogen-bond donors (Lipinski definition) is 1. The van der Waals surface area contributed by atoms with Crippen molar-refractivity contribution >= 4 is 38.5 Å². The van der Waals surface area contributed by atoms with E-state index in [2.05, 4.69) is 70.6 Å². The molecule has 15 heavy (non-hydrogen) atoms. The molecule has 2 unspecified atom stereocenters. The number of nitrogens with two attached hydrogens (primary N) is 1. The summed E-state index contributed by atoms with van der Waals surface area (Å²) in [5, 5.41) is 0. The number of hydrogen-bond acceptors (Lipinski definition) is 1. The van der Waals surface area contributed by atoms with Crippen molar-refractivity contribution in [2.24, 2.45) is 11.7 Å². The fourth-order valence-electron chi connectivity index (χ4n) is 1.53. The van der Waals surface area contributed by atoms with Gasteiger partial charge in [-0.25, -0.2) is 0 Å². The van der Waals surface area contributed by atoms with Gasteiger partial charge < -0.3 is 5.73 Å². The Hall–Kier alpha value is 0.390. The Bertz CT molecular complexity index is 327. The van der Waals surface area contributed by atoms with Crippen LogP contribution in [0.4, 0.5) is 0 Å². The van der Waals surface area contributed by atoms with Crippen molar-refractivity contribution in [3.05, 3.63) is 31.8 Å². The topological polar surface area (TPSA) is 26.0 Å².